The van der Waals surface area contributed by atoms with Crippen molar-refractivity contribution in [1.82, 2.24) is 0 Å². The number of rotatable bonds is 8. The van der Waals surface area contributed by atoms with Crippen molar-refractivity contribution in [3.8, 4) is 22.3 Å². The first-order valence-electron chi connectivity index (χ1n) is 21.9. The molecule has 62 heavy (non-hydrogen) atoms. The fourth-order valence-electron chi connectivity index (χ4n) is 9.45. The largest absolute Gasteiger partial charge is 0.310 e. The van der Waals surface area contributed by atoms with Gasteiger partial charge in [-0.05, 0) is 114 Å². The minimum absolute atomic E-state index is 0.110. The van der Waals surface area contributed by atoms with Crippen LogP contribution in [0.3, 0.4) is 0 Å². The van der Waals surface area contributed by atoms with Crippen LogP contribution in [-0.2, 0) is 10.8 Å². The number of benzene rings is 10. The predicted molar refractivity (Wildman–Crippen MR) is 268 cm³/mol. The van der Waals surface area contributed by atoms with E-state index < -0.39 is 0 Å². The zero-order valence-electron chi connectivity index (χ0n) is 36.5. The van der Waals surface area contributed by atoms with Crippen LogP contribution < -0.4 is 9.80 Å². The third kappa shape index (κ3) is 6.96. The second-order valence-corrected chi connectivity index (χ2v) is 18.6. The molecule has 0 radical (unpaired) electrons. The van der Waals surface area contributed by atoms with Crippen LogP contribution in [-0.4, -0.2) is 0 Å². The van der Waals surface area contributed by atoms with E-state index in [0.29, 0.717) is 0 Å². The van der Waals surface area contributed by atoms with E-state index in [0.717, 1.165) is 22.7 Å². The molecule has 0 amide bonds. The van der Waals surface area contributed by atoms with Crippen molar-refractivity contribution in [1.29, 1.82) is 0 Å². The molecule has 2 nitrogen and oxygen atoms in total. The van der Waals surface area contributed by atoms with E-state index in [-0.39, 0.29) is 10.8 Å². The third-order valence-electron chi connectivity index (χ3n) is 12.4. The highest BCUT2D eigenvalue weighted by molar-refractivity contribution is 6.28. The van der Waals surface area contributed by atoms with Crippen molar-refractivity contribution >= 4 is 66.4 Å². The number of anilines is 6. The Balaban J connectivity index is 1.25. The highest BCUT2D eigenvalue weighted by Gasteiger charge is 2.28. The molecule has 0 saturated heterocycles. The zero-order valence-corrected chi connectivity index (χ0v) is 36.5. The predicted octanol–water partition coefficient (Wildman–Crippen LogP) is 17.5. The fraction of sp³-hybridized carbons (Fsp3) is 0.133. The van der Waals surface area contributed by atoms with Gasteiger partial charge in [0.25, 0.3) is 0 Å². The number of para-hydroxylation sites is 2. The molecule has 0 aliphatic rings. The summed E-state index contributed by atoms with van der Waals surface area (Å²) in [6.45, 7) is 13.9. The SMILES string of the molecule is CC(C)(C)c1ccc(-c2ccccc2)cc1N(c1ccccc1)c1ccc2ccc3ccc(N(c4ccccc4)c4cc(-c5ccccc5)ccc4C(C)(C)C)c4ccc1c2c34. The molecule has 0 aliphatic carbocycles. The van der Waals surface area contributed by atoms with Crippen LogP contribution in [0.15, 0.2) is 206 Å². The van der Waals surface area contributed by atoms with Gasteiger partial charge in [-0.1, -0.05) is 199 Å². The number of nitrogens with zero attached hydrogens (tertiary/aromatic N) is 2. The van der Waals surface area contributed by atoms with Gasteiger partial charge < -0.3 is 9.80 Å². The average Bonchev–Trinajstić information content (AvgIpc) is 3.29. The lowest BCUT2D eigenvalue weighted by molar-refractivity contribution is 0.591. The molecule has 10 aromatic rings. The Bertz CT molecular complexity index is 2960. The van der Waals surface area contributed by atoms with Crippen molar-refractivity contribution in [2.24, 2.45) is 0 Å². The first-order valence-corrected chi connectivity index (χ1v) is 21.9. The molecular formula is C60H52N2. The first-order chi connectivity index (χ1) is 30.0. The van der Waals surface area contributed by atoms with Crippen LogP contribution in [0.5, 0.6) is 0 Å². The van der Waals surface area contributed by atoms with Gasteiger partial charge in [0, 0.05) is 22.1 Å². The highest BCUT2D eigenvalue weighted by atomic mass is 15.2. The van der Waals surface area contributed by atoms with E-state index in [2.05, 4.69) is 258 Å². The third-order valence-corrected chi connectivity index (χ3v) is 12.4. The van der Waals surface area contributed by atoms with Crippen LogP contribution in [0, 0.1) is 0 Å². The first kappa shape index (κ1) is 39.0. The van der Waals surface area contributed by atoms with Crippen LogP contribution in [0.4, 0.5) is 34.1 Å². The maximum Gasteiger partial charge on any atom is 0.0540 e. The van der Waals surface area contributed by atoms with Gasteiger partial charge in [0.1, 0.15) is 0 Å². The summed E-state index contributed by atoms with van der Waals surface area (Å²) in [6, 6.07) is 76.0. The van der Waals surface area contributed by atoms with E-state index >= 15 is 0 Å². The monoisotopic (exact) mass is 800 g/mol. The maximum absolute atomic E-state index is 2.50. The summed E-state index contributed by atoms with van der Waals surface area (Å²) in [4.78, 5) is 5.00. The van der Waals surface area contributed by atoms with Gasteiger partial charge in [0.05, 0.1) is 22.7 Å². The van der Waals surface area contributed by atoms with E-state index in [1.54, 1.807) is 0 Å². The molecule has 0 saturated carbocycles. The normalized spacial score (nSPS) is 12.0. The molecule has 0 N–H and O–H groups in total. The summed E-state index contributed by atoms with van der Waals surface area (Å²) in [7, 11) is 0. The van der Waals surface area contributed by atoms with Crippen molar-refractivity contribution in [2.75, 3.05) is 9.80 Å². The molecular weight excluding hydrogens is 749 g/mol. The molecule has 302 valence electrons. The summed E-state index contributed by atoms with van der Waals surface area (Å²) >= 11 is 0. The van der Waals surface area contributed by atoms with E-state index in [1.807, 2.05) is 0 Å². The van der Waals surface area contributed by atoms with Crippen LogP contribution in [0.1, 0.15) is 52.7 Å². The number of hydrogen-bond donors (Lipinski definition) is 0. The second kappa shape index (κ2) is 15.4. The molecule has 0 heterocycles. The van der Waals surface area contributed by atoms with Crippen molar-refractivity contribution in [2.45, 2.75) is 52.4 Å². The van der Waals surface area contributed by atoms with E-state index in [9.17, 15) is 0 Å². The topological polar surface area (TPSA) is 6.48 Å². The molecule has 0 unspecified atom stereocenters. The molecule has 0 atom stereocenters. The van der Waals surface area contributed by atoms with Crippen molar-refractivity contribution in [3.05, 3.63) is 217 Å². The quantitative estimate of drug-likeness (QED) is 0.141. The lowest BCUT2D eigenvalue weighted by atomic mass is 9.83. The summed E-state index contributed by atoms with van der Waals surface area (Å²) in [5, 5.41) is 7.46. The molecule has 0 bridgehead atoms. The summed E-state index contributed by atoms with van der Waals surface area (Å²) in [5.74, 6) is 0. The molecule has 2 heteroatoms. The van der Waals surface area contributed by atoms with Gasteiger partial charge in [0.15, 0.2) is 0 Å². The molecule has 10 rings (SSSR count). The maximum atomic E-state index is 2.50. The zero-order chi connectivity index (χ0) is 42.6. The Morgan fingerprint density at radius 2 is 0.629 bits per heavy atom. The smallest absolute Gasteiger partial charge is 0.0540 e. The summed E-state index contributed by atoms with van der Waals surface area (Å²) in [5.41, 5.74) is 14.1. The summed E-state index contributed by atoms with van der Waals surface area (Å²) in [6.07, 6.45) is 0. The van der Waals surface area contributed by atoms with Gasteiger partial charge in [-0.2, -0.15) is 0 Å². The van der Waals surface area contributed by atoms with Crippen molar-refractivity contribution in [3.63, 3.8) is 0 Å². The van der Waals surface area contributed by atoms with Gasteiger partial charge >= 0.3 is 0 Å². The lowest BCUT2D eigenvalue weighted by Gasteiger charge is -2.34. The average molecular weight is 801 g/mol. The minimum atomic E-state index is -0.110. The molecule has 0 aromatic heterocycles. The Labute approximate surface area is 366 Å². The molecule has 0 aliphatic heterocycles. The second-order valence-electron chi connectivity index (χ2n) is 18.6. The fourth-order valence-corrected chi connectivity index (χ4v) is 9.45. The Kier molecular flexibility index (Phi) is 9.68. The molecule has 0 fully saturated rings. The summed E-state index contributed by atoms with van der Waals surface area (Å²) < 4.78 is 0. The van der Waals surface area contributed by atoms with Crippen molar-refractivity contribution < 1.29 is 0 Å². The highest BCUT2D eigenvalue weighted by Crippen LogP contribution is 2.51. The van der Waals surface area contributed by atoms with Crippen LogP contribution in [0.25, 0.3) is 54.6 Å². The number of hydrogen-bond acceptors (Lipinski definition) is 2. The van der Waals surface area contributed by atoms with Crippen LogP contribution >= 0.6 is 0 Å². The van der Waals surface area contributed by atoms with E-state index in [1.165, 1.54) is 77.1 Å². The van der Waals surface area contributed by atoms with Gasteiger partial charge in [0.2, 0.25) is 0 Å². The molecule has 10 aromatic carbocycles. The molecule has 0 spiro atoms. The Hall–Kier alpha value is -7.16. The Morgan fingerprint density at radius 3 is 0.984 bits per heavy atom. The Morgan fingerprint density at radius 1 is 0.290 bits per heavy atom. The minimum Gasteiger partial charge on any atom is -0.310 e. The van der Waals surface area contributed by atoms with Crippen LogP contribution in [0.2, 0.25) is 0 Å². The van der Waals surface area contributed by atoms with Gasteiger partial charge in [-0.3, -0.25) is 0 Å². The lowest BCUT2D eigenvalue weighted by Crippen LogP contribution is -2.20. The van der Waals surface area contributed by atoms with E-state index in [4.69, 9.17) is 0 Å². The standard InChI is InChI=1S/C60H52N2/c1-59(2,3)51-35-29-45(41-19-11-7-12-20-41)39-55(51)61(47-23-15-9-16-24-47)53-37-31-43-27-28-44-32-38-54(50-34-33-49(53)57(43)58(44)50)62(48-25-17-10-18-26-48)56-40-46(42-21-13-8-14-22-42)30-36-52(56)60(4,5)6/h7-40H,1-6H3. The van der Waals surface area contributed by atoms with Gasteiger partial charge in [-0.25, -0.2) is 0 Å². The van der Waals surface area contributed by atoms with Gasteiger partial charge in [-0.15, -0.1) is 0 Å².